The molecule has 0 atom stereocenters. The van der Waals surface area contributed by atoms with Gasteiger partial charge in [-0.15, -0.1) is 0 Å². The molecular weight excluding hydrogens is 446 g/mol. The lowest BCUT2D eigenvalue weighted by Gasteiger charge is -2.38. The minimum atomic E-state index is 0.289. The maximum atomic E-state index is 12.7. The Morgan fingerprint density at radius 2 is 1.81 bits per heavy atom. The molecule has 2 aromatic carbocycles. The van der Waals surface area contributed by atoms with Crippen LogP contribution in [0.25, 0.3) is 10.9 Å². The Bertz CT molecular complexity index is 1190. The number of amides is 1. The molecule has 2 aliphatic heterocycles. The van der Waals surface area contributed by atoms with Crippen molar-refractivity contribution in [3.05, 3.63) is 65.9 Å². The third-order valence-electron chi connectivity index (χ3n) is 8.31. The average molecular weight is 487 g/mol. The first kappa shape index (κ1) is 24.9. The molecule has 5 nitrogen and oxygen atoms in total. The van der Waals surface area contributed by atoms with Gasteiger partial charge in [-0.25, -0.2) is 9.28 Å². The van der Waals surface area contributed by atoms with Gasteiger partial charge in [0.2, 0.25) is 0 Å². The smallest absolute Gasteiger partial charge is 0.315 e. The van der Waals surface area contributed by atoms with Gasteiger partial charge in [-0.2, -0.15) is 0 Å². The molecule has 1 aromatic heterocycles. The second-order valence-corrected chi connectivity index (χ2v) is 10.8. The molecule has 0 radical (unpaired) electrons. The largest absolute Gasteiger partial charge is 0.492 e. The van der Waals surface area contributed by atoms with Gasteiger partial charge in [0, 0.05) is 23.7 Å². The molecule has 3 heterocycles. The van der Waals surface area contributed by atoms with Crippen molar-refractivity contribution in [1.29, 1.82) is 0 Å². The van der Waals surface area contributed by atoms with Gasteiger partial charge < -0.3 is 4.74 Å². The van der Waals surface area contributed by atoms with Crippen LogP contribution in [0.4, 0.5) is 5.69 Å². The van der Waals surface area contributed by atoms with Crippen LogP contribution in [0.2, 0.25) is 0 Å². The first-order valence-electron chi connectivity index (χ1n) is 13.7. The number of carbonyl (C=O) groups excluding carboxylic acids is 1. The van der Waals surface area contributed by atoms with Crippen molar-refractivity contribution >= 4 is 22.5 Å². The van der Waals surface area contributed by atoms with Crippen molar-refractivity contribution in [3.8, 4) is 5.75 Å². The Morgan fingerprint density at radius 1 is 1.03 bits per heavy atom. The van der Waals surface area contributed by atoms with Crippen LogP contribution in [0, 0.1) is 12.8 Å². The molecule has 5 rings (SSSR count). The molecule has 36 heavy (non-hydrogen) atoms. The van der Waals surface area contributed by atoms with Gasteiger partial charge in [-0.1, -0.05) is 18.2 Å². The highest BCUT2D eigenvalue weighted by molar-refractivity contribution is 5.87. The number of fused-ring (bicyclic) bond motifs is 1. The molecule has 1 amide bonds. The van der Waals surface area contributed by atoms with Crippen LogP contribution in [-0.2, 0) is 11.2 Å². The van der Waals surface area contributed by atoms with Gasteiger partial charge in [0.1, 0.15) is 18.0 Å². The average Bonchev–Trinajstić information content (AvgIpc) is 2.90. The van der Waals surface area contributed by atoms with Crippen LogP contribution in [0.3, 0.4) is 0 Å². The number of likely N-dealkylation sites (tertiary alicyclic amines) is 2. The second-order valence-electron chi connectivity index (χ2n) is 10.8. The standard InChI is InChI=1S/C31H40N3O2/c1-24-12-13-29-30(32-24)10-7-11-31(29)36-21-18-33-16-14-26(15-17-33)22-27-8-6-9-28(23-27)34(25(2)35)19-4-3-5-20-34/h6-13,23,26H,3-5,14-22H2,1-2H3/q+1. The molecule has 2 saturated heterocycles. The summed E-state index contributed by atoms with van der Waals surface area (Å²) in [5.74, 6) is 1.92. The Morgan fingerprint density at radius 3 is 2.58 bits per heavy atom. The highest BCUT2D eigenvalue weighted by Gasteiger charge is 2.37. The fourth-order valence-electron chi connectivity index (χ4n) is 6.14. The molecular formula is C31H40N3O2+. The van der Waals surface area contributed by atoms with E-state index in [4.69, 9.17) is 4.74 Å². The van der Waals surface area contributed by atoms with Crippen molar-refractivity contribution in [3.63, 3.8) is 0 Å². The third-order valence-corrected chi connectivity index (χ3v) is 8.31. The Hall–Kier alpha value is -2.76. The molecule has 3 aromatic rings. The normalized spacial score (nSPS) is 18.8. The topological polar surface area (TPSA) is 42.4 Å². The number of nitrogens with zero attached hydrogens (tertiary/aromatic N) is 3. The molecule has 0 aliphatic carbocycles. The maximum absolute atomic E-state index is 12.7. The summed E-state index contributed by atoms with van der Waals surface area (Å²) in [5, 5.41) is 1.09. The van der Waals surface area contributed by atoms with E-state index in [0.717, 1.165) is 74.3 Å². The molecule has 5 heteroatoms. The van der Waals surface area contributed by atoms with E-state index >= 15 is 0 Å². The van der Waals surface area contributed by atoms with Crippen molar-refractivity contribution < 1.29 is 9.53 Å². The van der Waals surface area contributed by atoms with Crippen LogP contribution < -0.4 is 9.22 Å². The van der Waals surface area contributed by atoms with Crippen molar-refractivity contribution in [1.82, 2.24) is 14.4 Å². The van der Waals surface area contributed by atoms with Crippen LogP contribution in [0.15, 0.2) is 54.6 Å². The van der Waals surface area contributed by atoms with Crippen LogP contribution in [-0.4, -0.2) is 55.1 Å². The molecule has 0 bridgehead atoms. The predicted molar refractivity (Wildman–Crippen MR) is 147 cm³/mol. The summed E-state index contributed by atoms with van der Waals surface area (Å²) >= 11 is 0. The fraction of sp³-hybridized carbons (Fsp3) is 0.484. The number of hydrogen-bond donors (Lipinski definition) is 0. The second kappa shape index (κ2) is 11.1. The van der Waals surface area contributed by atoms with Crippen LogP contribution in [0.5, 0.6) is 5.75 Å². The van der Waals surface area contributed by atoms with Crippen molar-refractivity contribution in [2.75, 3.05) is 39.3 Å². The fourth-order valence-corrected chi connectivity index (χ4v) is 6.14. The van der Waals surface area contributed by atoms with Gasteiger partial charge >= 0.3 is 5.91 Å². The number of rotatable bonds is 7. The maximum Gasteiger partial charge on any atom is 0.315 e. The SMILES string of the molecule is CC(=O)[N+]1(c2cccc(CC3CCN(CCOc4cccc5nc(C)ccc45)CC3)c2)CCCCC1. The molecule has 2 aliphatic rings. The first-order chi connectivity index (χ1) is 17.5. The van der Waals surface area contributed by atoms with Gasteiger partial charge in [0.25, 0.3) is 0 Å². The van der Waals surface area contributed by atoms with E-state index in [1.165, 1.54) is 30.5 Å². The van der Waals surface area contributed by atoms with Gasteiger partial charge in [0.15, 0.2) is 0 Å². The van der Waals surface area contributed by atoms with Crippen molar-refractivity contribution in [2.45, 2.75) is 52.4 Å². The Labute approximate surface area is 215 Å². The number of aryl methyl sites for hydroxylation is 1. The highest BCUT2D eigenvalue weighted by atomic mass is 16.5. The summed E-state index contributed by atoms with van der Waals surface area (Å²) in [5.41, 5.74) is 4.61. The lowest BCUT2D eigenvalue weighted by molar-refractivity contribution is -0.128. The number of carbonyl (C=O) groups is 1. The lowest BCUT2D eigenvalue weighted by atomic mass is 9.89. The van der Waals surface area contributed by atoms with Gasteiger partial charge in [0.05, 0.1) is 25.5 Å². The number of ether oxygens (including phenoxy) is 1. The summed E-state index contributed by atoms with van der Waals surface area (Å²) in [6.07, 6.45) is 7.07. The summed E-state index contributed by atoms with van der Waals surface area (Å²) in [7, 11) is 0. The zero-order valence-corrected chi connectivity index (χ0v) is 21.9. The number of hydrogen-bond acceptors (Lipinski definition) is 4. The highest BCUT2D eigenvalue weighted by Crippen LogP contribution is 2.31. The van der Waals surface area contributed by atoms with E-state index in [1.54, 1.807) is 6.92 Å². The Balaban J connectivity index is 1.12. The molecule has 0 N–H and O–H groups in total. The molecule has 0 unspecified atom stereocenters. The van der Waals surface area contributed by atoms with Crippen LogP contribution in [0.1, 0.15) is 50.3 Å². The van der Waals surface area contributed by atoms with E-state index in [0.29, 0.717) is 17.0 Å². The quantitative estimate of drug-likeness (QED) is 0.389. The van der Waals surface area contributed by atoms with E-state index in [1.807, 2.05) is 31.2 Å². The van der Waals surface area contributed by atoms with E-state index in [-0.39, 0.29) is 5.91 Å². The monoisotopic (exact) mass is 486 g/mol. The molecule has 190 valence electrons. The minimum absolute atomic E-state index is 0.289. The lowest BCUT2D eigenvalue weighted by Crippen LogP contribution is -2.56. The predicted octanol–water partition coefficient (Wildman–Crippen LogP) is 5.91. The van der Waals surface area contributed by atoms with E-state index < -0.39 is 0 Å². The number of quaternary nitrogens is 1. The number of benzene rings is 2. The third kappa shape index (κ3) is 5.47. The number of piperidine rings is 2. The van der Waals surface area contributed by atoms with Crippen LogP contribution >= 0.6 is 0 Å². The Kier molecular flexibility index (Phi) is 7.68. The zero-order chi connectivity index (χ0) is 25.0. The van der Waals surface area contributed by atoms with E-state index in [9.17, 15) is 4.79 Å². The zero-order valence-electron chi connectivity index (χ0n) is 21.9. The van der Waals surface area contributed by atoms with E-state index in [2.05, 4.69) is 40.2 Å². The molecule has 2 fully saturated rings. The number of pyridine rings is 1. The van der Waals surface area contributed by atoms with Gasteiger partial charge in [-0.3, -0.25) is 9.88 Å². The summed E-state index contributed by atoms with van der Waals surface area (Å²) in [6, 6.07) is 19.2. The summed E-state index contributed by atoms with van der Waals surface area (Å²) in [4.78, 5) is 19.8. The van der Waals surface area contributed by atoms with Gasteiger partial charge in [-0.05, 0) is 100 Å². The molecule has 0 saturated carbocycles. The first-order valence-corrected chi connectivity index (χ1v) is 13.7. The minimum Gasteiger partial charge on any atom is -0.492 e. The van der Waals surface area contributed by atoms with Crippen molar-refractivity contribution in [2.24, 2.45) is 5.92 Å². The summed E-state index contributed by atoms with van der Waals surface area (Å²) < 4.78 is 6.71. The molecule has 0 spiro atoms. The number of aromatic nitrogens is 1. The summed E-state index contributed by atoms with van der Waals surface area (Å²) in [6.45, 7) is 9.60.